The van der Waals surface area contributed by atoms with E-state index in [9.17, 15) is 9.90 Å². The maximum atomic E-state index is 11.5. The van der Waals surface area contributed by atoms with Crippen LogP contribution >= 0.6 is 0 Å². The average molecular weight is 288 g/mol. The maximum absolute atomic E-state index is 11.5. The summed E-state index contributed by atoms with van der Waals surface area (Å²) in [6, 6.07) is 2.13. The standard InChI is InChI=1S/C17H24N2O2/c1-17(2)9-4-3-8-14(17)19-15-12(16(20)21)10-11-6-5-7-13(11)18-15/h10,14H,3-9H2,1-2H3,(H,18,19)(H,20,21). The maximum Gasteiger partial charge on any atom is 0.339 e. The van der Waals surface area contributed by atoms with E-state index in [1.807, 2.05) is 6.07 Å². The molecule has 0 radical (unpaired) electrons. The number of anilines is 1. The molecule has 2 aliphatic rings. The Labute approximate surface area is 126 Å². The average Bonchev–Trinajstić information content (AvgIpc) is 2.87. The minimum Gasteiger partial charge on any atom is -0.478 e. The lowest BCUT2D eigenvalue weighted by molar-refractivity contribution is 0.0697. The van der Waals surface area contributed by atoms with Crippen molar-refractivity contribution in [1.82, 2.24) is 4.98 Å². The molecule has 1 aromatic heterocycles. The summed E-state index contributed by atoms with van der Waals surface area (Å²) in [6.45, 7) is 4.52. The van der Waals surface area contributed by atoms with E-state index in [2.05, 4.69) is 24.1 Å². The van der Waals surface area contributed by atoms with Gasteiger partial charge in [0.2, 0.25) is 0 Å². The van der Waals surface area contributed by atoms with Crippen molar-refractivity contribution in [2.24, 2.45) is 5.41 Å². The Morgan fingerprint density at radius 2 is 2.14 bits per heavy atom. The van der Waals surface area contributed by atoms with Crippen molar-refractivity contribution in [2.75, 3.05) is 5.32 Å². The first-order chi connectivity index (χ1) is 9.97. The van der Waals surface area contributed by atoms with Crippen LogP contribution in [0.5, 0.6) is 0 Å². The van der Waals surface area contributed by atoms with E-state index in [1.54, 1.807) is 0 Å². The summed E-state index contributed by atoms with van der Waals surface area (Å²) in [7, 11) is 0. The molecular formula is C17H24N2O2. The van der Waals surface area contributed by atoms with Gasteiger partial charge in [-0.1, -0.05) is 26.7 Å². The van der Waals surface area contributed by atoms with E-state index in [1.165, 1.54) is 19.3 Å². The number of aromatic carboxylic acids is 1. The van der Waals surface area contributed by atoms with Gasteiger partial charge in [0.25, 0.3) is 0 Å². The molecule has 0 bridgehead atoms. The van der Waals surface area contributed by atoms with Crippen molar-refractivity contribution in [2.45, 2.75) is 64.8 Å². The largest absolute Gasteiger partial charge is 0.478 e. The molecule has 1 heterocycles. The van der Waals surface area contributed by atoms with Gasteiger partial charge in [0.05, 0.1) is 0 Å². The molecule has 1 unspecified atom stereocenters. The number of aryl methyl sites for hydroxylation is 2. The number of fused-ring (bicyclic) bond motifs is 1. The van der Waals surface area contributed by atoms with Gasteiger partial charge in [-0.05, 0) is 49.1 Å². The van der Waals surface area contributed by atoms with Gasteiger partial charge >= 0.3 is 5.97 Å². The zero-order valence-corrected chi connectivity index (χ0v) is 12.9. The van der Waals surface area contributed by atoms with E-state index in [0.717, 1.165) is 36.9 Å². The quantitative estimate of drug-likeness (QED) is 0.891. The van der Waals surface area contributed by atoms with Gasteiger partial charge in [-0.2, -0.15) is 0 Å². The second kappa shape index (κ2) is 5.32. The minimum absolute atomic E-state index is 0.189. The fourth-order valence-electron chi connectivity index (χ4n) is 3.67. The van der Waals surface area contributed by atoms with Gasteiger partial charge in [-0.25, -0.2) is 9.78 Å². The zero-order valence-electron chi connectivity index (χ0n) is 12.9. The molecule has 1 aromatic rings. The van der Waals surface area contributed by atoms with Crippen LogP contribution in [0.2, 0.25) is 0 Å². The molecular weight excluding hydrogens is 264 g/mol. The van der Waals surface area contributed by atoms with Crippen molar-refractivity contribution in [3.63, 3.8) is 0 Å². The Hall–Kier alpha value is -1.58. The van der Waals surface area contributed by atoms with Gasteiger partial charge in [0, 0.05) is 11.7 Å². The van der Waals surface area contributed by atoms with Crippen LogP contribution < -0.4 is 5.32 Å². The summed E-state index contributed by atoms with van der Waals surface area (Å²) in [5, 5.41) is 12.9. The van der Waals surface area contributed by atoms with E-state index in [0.29, 0.717) is 17.4 Å². The van der Waals surface area contributed by atoms with Gasteiger partial charge in [-0.15, -0.1) is 0 Å². The Bertz CT molecular complexity index is 566. The zero-order chi connectivity index (χ0) is 15.0. The summed E-state index contributed by atoms with van der Waals surface area (Å²) < 4.78 is 0. The Morgan fingerprint density at radius 1 is 1.33 bits per heavy atom. The summed E-state index contributed by atoms with van der Waals surface area (Å²) in [5.74, 6) is -0.309. The van der Waals surface area contributed by atoms with Crippen LogP contribution in [0.3, 0.4) is 0 Å². The highest BCUT2D eigenvalue weighted by Crippen LogP contribution is 2.38. The number of pyridine rings is 1. The van der Waals surface area contributed by atoms with Crippen molar-refractivity contribution in [3.8, 4) is 0 Å². The van der Waals surface area contributed by atoms with Crippen LogP contribution in [0.15, 0.2) is 6.07 Å². The lowest BCUT2D eigenvalue weighted by atomic mass is 9.73. The number of aromatic nitrogens is 1. The van der Waals surface area contributed by atoms with Gasteiger partial charge in [-0.3, -0.25) is 0 Å². The van der Waals surface area contributed by atoms with Crippen LogP contribution in [0.25, 0.3) is 0 Å². The summed E-state index contributed by atoms with van der Waals surface area (Å²) in [5.41, 5.74) is 2.71. The predicted octanol–water partition coefficient (Wildman–Crippen LogP) is 3.65. The molecule has 1 fully saturated rings. The molecule has 1 saturated carbocycles. The van der Waals surface area contributed by atoms with Gasteiger partial charge in [0.1, 0.15) is 11.4 Å². The fraction of sp³-hybridized carbons (Fsp3) is 0.647. The summed E-state index contributed by atoms with van der Waals surface area (Å²) >= 11 is 0. The van der Waals surface area contributed by atoms with Crippen LogP contribution in [0, 0.1) is 5.41 Å². The Balaban J connectivity index is 1.92. The van der Waals surface area contributed by atoms with E-state index >= 15 is 0 Å². The monoisotopic (exact) mass is 288 g/mol. The summed E-state index contributed by atoms with van der Waals surface area (Å²) in [4.78, 5) is 16.2. The molecule has 2 N–H and O–H groups in total. The highest BCUT2D eigenvalue weighted by Gasteiger charge is 2.33. The first-order valence-corrected chi connectivity index (χ1v) is 8.00. The highest BCUT2D eigenvalue weighted by molar-refractivity contribution is 5.93. The third-order valence-electron chi connectivity index (χ3n) is 5.10. The number of nitrogens with one attached hydrogen (secondary N) is 1. The summed E-state index contributed by atoms with van der Waals surface area (Å²) in [6.07, 6.45) is 7.74. The number of carboxylic acids is 1. The molecule has 0 aliphatic heterocycles. The van der Waals surface area contributed by atoms with E-state index < -0.39 is 5.97 Å². The Morgan fingerprint density at radius 3 is 2.86 bits per heavy atom. The minimum atomic E-state index is -0.881. The fourth-order valence-corrected chi connectivity index (χ4v) is 3.67. The molecule has 21 heavy (non-hydrogen) atoms. The second-order valence-electron chi connectivity index (χ2n) is 7.08. The third-order valence-corrected chi connectivity index (χ3v) is 5.10. The van der Waals surface area contributed by atoms with Crippen LogP contribution in [0.1, 0.15) is 67.6 Å². The van der Waals surface area contributed by atoms with E-state index in [-0.39, 0.29) is 5.41 Å². The van der Waals surface area contributed by atoms with Crippen LogP contribution in [-0.2, 0) is 12.8 Å². The van der Waals surface area contributed by atoms with Crippen LogP contribution in [-0.4, -0.2) is 22.1 Å². The molecule has 1 atom stereocenters. The first-order valence-electron chi connectivity index (χ1n) is 8.00. The molecule has 4 nitrogen and oxygen atoms in total. The number of rotatable bonds is 3. The van der Waals surface area contributed by atoms with E-state index in [4.69, 9.17) is 0 Å². The molecule has 0 amide bonds. The Kier molecular flexibility index (Phi) is 3.64. The predicted molar refractivity (Wildman–Crippen MR) is 82.9 cm³/mol. The molecule has 2 aliphatic carbocycles. The van der Waals surface area contributed by atoms with Crippen molar-refractivity contribution < 1.29 is 9.90 Å². The molecule has 0 saturated heterocycles. The third kappa shape index (κ3) is 2.76. The first kappa shape index (κ1) is 14.4. The topological polar surface area (TPSA) is 62.2 Å². The number of hydrogen-bond acceptors (Lipinski definition) is 3. The molecule has 114 valence electrons. The normalized spacial score (nSPS) is 23.6. The van der Waals surface area contributed by atoms with Crippen molar-refractivity contribution in [1.29, 1.82) is 0 Å². The molecule has 0 spiro atoms. The molecule has 0 aromatic carbocycles. The van der Waals surface area contributed by atoms with Crippen molar-refractivity contribution in [3.05, 3.63) is 22.9 Å². The second-order valence-corrected chi connectivity index (χ2v) is 7.08. The number of carbonyl (C=O) groups is 1. The number of carboxylic acid groups (broad SMARTS) is 1. The van der Waals surface area contributed by atoms with Gasteiger partial charge in [0.15, 0.2) is 0 Å². The smallest absolute Gasteiger partial charge is 0.339 e. The van der Waals surface area contributed by atoms with Gasteiger partial charge < -0.3 is 10.4 Å². The lowest BCUT2D eigenvalue weighted by Gasteiger charge is -2.39. The van der Waals surface area contributed by atoms with Crippen molar-refractivity contribution >= 4 is 11.8 Å². The molecule has 3 rings (SSSR count). The SMILES string of the molecule is CC1(C)CCCCC1Nc1nc2c(cc1C(=O)O)CCC2. The number of nitrogens with zero attached hydrogens (tertiary/aromatic N) is 1. The lowest BCUT2D eigenvalue weighted by Crippen LogP contribution is -2.39. The van der Waals surface area contributed by atoms with Crippen LogP contribution in [0.4, 0.5) is 5.82 Å². The number of hydrogen-bond donors (Lipinski definition) is 2. The highest BCUT2D eigenvalue weighted by atomic mass is 16.4. The molecule has 4 heteroatoms.